The Morgan fingerprint density at radius 3 is 2.37 bits per heavy atom. The Bertz CT molecular complexity index is 851. The van der Waals surface area contributed by atoms with Crippen LogP contribution >= 0.6 is 11.6 Å². The first-order chi connectivity index (χ1) is 12.8. The zero-order valence-electron chi connectivity index (χ0n) is 13.9. The Hall–Kier alpha value is -2.54. The molecule has 142 valence electrons. The van der Waals surface area contributed by atoms with Crippen molar-refractivity contribution >= 4 is 29.2 Å². The molecule has 1 aliphatic rings. The van der Waals surface area contributed by atoms with E-state index in [4.69, 9.17) is 16.3 Å². The number of halogens is 4. The van der Waals surface area contributed by atoms with E-state index in [-0.39, 0.29) is 10.9 Å². The first-order valence-corrected chi connectivity index (χ1v) is 8.56. The van der Waals surface area contributed by atoms with Gasteiger partial charge in [0.15, 0.2) is 0 Å². The van der Waals surface area contributed by atoms with Crippen molar-refractivity contribution in [2.24, 2.45) is 5.92 Å². The molecule has 0 aliphatic heterocycles. The first-order valence-electron chi connectivity index (χ1n) is 8.19. The summed E-state index contributed by atoms with van der Waals surface area (Å²) < 4.78 is 45.0. The van der Waals surface area contributed by atoms with E-state index >= 15 is 0 Å². The van der Waals surface area contributed by atoms with Crippen molar-refractivity contribution < 1.29 is 27.5 Å². The van der Waals surface area contributed by atoms with Gasteiger partial charge in [-0.2, -0.15) is 13.2 Å². The van der Waals surface area contributed by atoms with Gasteiger partial charge in [-0.1, -0.05) is 41.9 Å². The highest BCUT2D eigenvalue weighted by Crippen LogP contribution is 2.37. The number of ether oxygens (including phenoxy) is 1. The van der Waals surface area contributed by atoms with Crippen molar-refractivity contribution in [2.75, 3.05) is 5.32 Å². The number of nitrogens with one attached hydrogen (secondary N) is 1. The van der Waals surface area contributed by atoms with Gasteiger partial charge in [-0.25, -0.2) is 0 Å². The summed E-state index contributed by atoms with van der Waals surface area (Å²) in [5.74, 6) is -1.67. The number of rotatable bonds is 5. The number of esters is 1. The number of amides is 1. The van der Waals surface area contributed by atoms with Gasteiger partial charge in [0, 0.05) is 10.6 Å². The van der Waals surface area contributed by atoms with Crippen LogP contribution in [0.2, 0.25) is 5.02 Å². The van der Waals surface area contributed by atoms with E-state index in [1.165, 1.54) is 6.07 Å². The number of benzene rings is 2. The lowest BCUT2D eigenvalue weighted by Gasteiger charge is -2.20. The van der Waals surface area contributed by atoms with Gasteiger partial charge in [-0.15, -0.1) is 0 Å². The van der Waals surface area contributed by atoms with Gasteiger partial charge < -0.3 is 10.1 Å². The van der Waals surface area contributed by atoms with Crippen molar-refractivity contribution in [2.45, 2.75) is 25.1 Å². The molecular formula is C19H15ClF3NO3. The topological polar surface area (TPSA) is 55.4 Å². The maximum absolute atomic E-state index is 13.2. The van der Waals surface area contributed by atoms with Crippen molar-refractivity contribution in [3.05, 3.63) is 64.7 Å². The second-order valence-electron chi connectivity index (χ2n) is 6.18. The van der Waals surface area contributed by atoms with Crippen LogP contribution in [0.3, 0.4) is 0 Å². The van der Waals surface area contributed by atoms with Gasteiger partial charge in [0.25, 0.3) is 5.91 Å². The molecule has 1 atom stereocenters. The van der Waals surface area contributed by atoms with E-state index in [9.17, 15) is 22.8 Å². The minimum Gasteiger partial charge on any atom is -0.447 e. The number of anilines is 1. The highest BCUT2D eigenvalue weighted by atomic mass is 35.5. The molecule has 2 aromatic carbocycles. The van der Waals surface area contributed by atoms with Crippen LogP contribution in [0, 0.1) is 5.92 Å². The first kappa shape index (κ1) is 19.2. The van der Waals surface area contributed by atoms with Crippen LogP contribution in [-0.2, 0) is 20.5 Å². The van der Waals surface area contributed by atoms with Gasteiger partial charge in [0.05, 0.1) is 17.2 Å². The number of carbonyl (C=O) groups is 2. The SMILES string of the molecule is O=C(O[C@H](C(=O)Nc1ccc(Cl)cc1C(F)(F)F)c1ccccc1)C1CC1. The molecule has 0 bridgehead atoms. The van der Waals surface area contributed by atoms with Crippen LogP contribution < -0.4 is 5.32 Å². The van der Waals surface area contributed by atoms with Gasteiger partial charge in [-0.05, 0) is 31.0 Å². The molecule has 3 rings (SSSR count). The third-order valence-corrected chi connectivity index (χ3v) is 4.27. The van der Waals surface area contributed by atoms with Crippen molar-refractivity contribution in [3.8, 4) is 0 Å². The minimum absolute atomic E-state index is 0.111. The summed E-state index contributed by atoms with van der Waals surface area (Å²) >= 11 is 5.65. The molecular weight excluding hydrogens is 383 g/mol. The summed E-state index contributed by atoms with van der Waals surface area (Å²) in [7, 11) is 0. The molecule has 8 heteroatoms. The fourth-order valence-corrected chi connectivity index (χ4v) is 2.66. The molecule has 0 saturated heterocycles. The lowest BCUT2D eigenvalue weighted by atomic mass is 10.1. The summed E-state index contributed by atoms with van der Waals surface area (Å²) in [5.41, 5.74) is -1.17. The summed E-state index contributed by atoms with van der Waals surface area (Å²) in [6, 6.07) is 11.2. The average molecular weight is 398 g/mol. The van der Waals surface area contributed by atoms with Gasteiger partial charge in [0.1, 0.15) is 0 Å². The third kappa shape index (κ3) is 4.80. The molecule has 1 saturated carbocycles. The lowest BCUT2D eigenvalue weighted by Crippen LogP contribution is -2.27. The molecule has 4 nitrogen and oxygen atoms in total. The predicted molar refractivity (Wildman–Crippen MR) is 93.1 cm³/mol. The monoisotopic (exact) mass is 397 g/mol. The number of alkyl halides is 3. The van der Waals surface area contributed by atoms with E-state index in [0.717, 1.165) is 12.1 Å². The van der Waals surface area contributed by atoms with Gasteiger partial charge >= 0.3 is 12.1 Å². The zero-order chi connectivity index (χ0) is 19.6. The van der Waals surface area contributed by atoms with E-state index in [1.807, 2.05) is 0 Å². The highest BCUT2D eigenvalue weighted by Gasteiger charge is 2.37. The van der Waals surface area contributed by atoms with Crippen molar-refractivity contribution in [1.29, 1.82) is 0 Å². The fourth-order valence-electron chi connectivity index (χ4n) is 2.49. The molecule has 0 radical (unpaired) electrons. The number of hydrogen-bond donors (Lipinski definition) is 1. The number of hydrogen-bond acceptors (Lipinski definition) is 3. The molecule has 27 heavy (non-hydrogen) atoms. The third-order valence-electron chi connectivity index (χ3n) is 4.03. The molecule has 1 fully saturated rings. The molecule has 1 amide bonds. The smallest absolute Gasteiger partial charge is 0.418 e. The van der Waals surface area contributed by atoms with Crippen LogP contribution in [0.15, 0.2) is 48.5 Å². The molecule has 0 heterocycles. The minimum atomic E-state index is -4.71. The van der Waals surface area contributed by atoms with Crippen molar-refractivity contribution in [1.82, 2.24) is 0 Å². The normalized spacial score (nSPS) is 15.1. The molecule has 0 spiro atoms. The van der Waals surface area contributed by atoms with Crippen LogP contribution in [0.4, 0.5) is 18.9 Å². The van der Waals surface area contributed by atoms with Crippen LogP contribution in [0.25, 0.3) is 0 Å². The largest absolute Gasteiger partial charge is 0.447 e. The average Bonchev–Trinajstić information content (AvgIpc) is 3.46. The van der Waals surface area contributed by atoms with Crippen LogP contribution in [0.5, 0.6) is 0 Å². The summed E-state index contributed by atoms with van der Waals surface area (Å²) in [4.78, 5) is 24.7. The summed E-state index contributed by atoms with van der Waals surface area (Å²) in [5, 5.41) is 2.10. The fraction of sp³-hybridized carbons (Fsp3) is 0.263. The number of carbonyl (C=O) groups excluding carboxylic acids is 2. The van der Waals surface area contributed by atoms with E-state index in [1.54, 1.807) is 30.3 Å². The molecule has 0 aromatic heterocycles. The highest BCUT2D eigenvalue weighted by molar-refractivity contribution is 6.30. The second kappa shape index (κ2) is 7.60. The Kier molecular flexibility index (Phi) is 5.41. The van der Waals surface area contributed by atoms with Crippen LogP contribution in [-0.4, -0.2) is 11.9 Å². The second-order valence-corrected chi connectivity index (χ2v) is 6.62. The van der Waals surface area contributed by atoms with Crippen molar-refractivity contribution in [3.63, 3.8) is 0 Å². The van der Waals surface area contributed by atoms with E-state index in [0.29, 0.717) is 18.4 Å². The summed E-state index contributed by atoms with van der Waals surface area (Å²) in [6.07, 6.45) is -4.70. The Labute approximate surface area is 158 Å². The Balaban J connectivity index is 1.88. The van der Waals surface area contributed by atoms with Gasteiger partial charge in [0.2, 0.25) is 6.10 Å². The van der Waals surface area contributed by atoms with Gasteiger partial charge in [-0.3, -0.25) is 9.59 Å². The van der Waals surface area contributed by atoms with E-state index in [2.05, 4.69) is 5.32 Å². The predicted octanol–water partition coefficient (Wildman–Crippen LogP) is 4.99. The Morgan fingerprint density at radius 1 is 1.11 bits per heavy atom. The standard InChI is InChI=1S/C19H15ClF3NO3/c20-13-8-9-15(14(10-13)19(21,22)23)24-17(25)16(11-4-2-1-3-5-11)27-18(26)12-6-7-12/h1-5,8-10,12,16H,6-7H2,(H,24,25)/t16-/m0/s1. The molecule has 2 aromatic rings. The quantitative estimate of drug-likeness (QED) is 0.723. The summed E-state index contributed by atoms with van der Waals surface area (Å²) in [6.45, 7) is 0. The molecule has 1 aliphatic carbocycles. The maximum Gasteiger partial charge on any atom is 0.418 e. The molecule has 0 unspecified atom stereocenters. The lowest BCUT2D eigenvalue weighted by molar-refractivity contribution is -0.156. The zero-order valence-corrected chi connectivity index (χ0v) is 14.7. The van der Waals surface area contributed by atoms with Crippen LogP contribution in [0.1, 0.15) is 30.1 Å². The van der Waals surface area contributed by atoms with E-state index < -0.39 is 35.4 Å². The maximum atomic E-state index is 13.2. The molecule has 1 N–H and O–H groups in total. The Morgan fingerprint density at radius 2 is 1.78 bits per heavy atom.